The highest BCUT2D eigenvalue weighted by Gasteiger charge is 2.30. The lowest BCUT2D eigenvalue weighted by Gasteiger charge is -2.11. The summed E-state index contributed by atoms with van der Waals surface area (Å²) in [6.07, 6.45) is 0.114. The predicted octanol–water partition coefficient (Wildman–Crippen LogP) is 2.07. The number of carbonyl (C=O) groups excluding carboxylic acids is 1. The molecular weight excluding hydrogens is 290 g/mol. The molecule has 1 aliphatic rings. The number of aliphatic carboxylic acids is 1. The van der Waals surface area contributed by atoms with Crippen molar-refractivity contribution in [3.63, 3.8) is 0 Å². The van der Waals surface area contributed by atoms with E-state index < -0.39 is 12.1 Å². The predicted molar refractivity (Wildman–Crippen MR) is 71.9 cm³/mol. The minimum absolute atomic E-state index is 0.245. The van der Waals surface area contributed by atoms with Gasteiger partial charge in [-0.15, -0.1) is 11.3 Å². The summed E-state index contributed by atoms with van der Waals surface area (Å²) in [6, 6.07) is 0. The summed E-state index contributed by atoms with van der Waals surface area (Å²) in [4.78, 5) is 23.1. The molecule has 104 valence electrons. The van der Waals surface area contributed by atoms with Crippen LogP contribution in [0.4, 0.5) is 0 Å². The van der Waals surface area contributed by atoms with Gasteiger partial charge >= 0.3 is 5.97 Å². The third-order valence-electron chi connectivity index (χ3n) is 2.98. The van der Waals surface area contributed by atoms with E-state index in [1.807, 2.05) is 12.3 Å². The molecule has 1 amide bonds. The molecule has 0 aromatic carbocycles. The van der Waals surface area contributed by atoms with Crippen molar-refractivity contribution in [3.05, 3.63) is 20.8 Å². The maximum absolute atomic E-state index is 11.9. The van der Waals surface area contributed by atoms with Crippen molar-refractivity contribution >= 4 is 34.8 Å². The van der Waals surface area contributed by atoms with Crippen molar-refractivity contribution in [2.24, 2.45) is 0 Å². The number of carbonyl (C=O) groups is 2. The first-order valence-corrected chi connectivity index (χ1v) is 7.15. The van der Waals surface area contributed by atoms with E-state index in [4.69, 9.17) is 21.4 Å². The van der Waals surface area contributed by atoms with Crippen LogP contribution in [0.3, 0.4) is 0 Å². The normalized spacial score (nSPS) is 22.4. The SMILES string of the molecule is Cc1csc(C(=O)NCC2CCC(C(=O)O)O2)c1Cl. The molecule has 2 heterocycles. The molecule has 2 unspecified atom stereocenters. The maximum atomic E-state index is 11.9. The number of amides is 1. The van der Waals surface area contributed by atoms with Crippen molar-refractivity contribution in [1.29, 1.82) is 0 Å². The molecule has 2 rings (SSSR count). The zero-order chi connectivity index (χ0) is 14.0. The minimum Gasteiger partial charge on any atom is -0.479 e. The van der Waals surface area contributed by atoms with Crippen LogP contribution in [0.1, 0.15) is 28.1 Å². The Labute approximate surface area is 119 Å². The number of nitrogens with one attached hydrogen (secondary N) is 1. The number of rotatable bonds is 4. The molecule has 7 heteroatoms. The van der Waals surface area contributed by atoms with E-state index in [2.05, 4.69) is 5.32 Å². The summed E-state index contributed by atoms with van der Waals surface area (Å²) in [6.45, 7) is 2.14. The second-order valence-electron chi connectivity index (χ2n) is 4.43. The fourth-order valence-corrected chi connectivity index (χ4v) is 3.10. The number of carboxylic acid groups (broad SMARTS) is 1. The van der Waals surface area contributed by atoms with Gasteiger partial charge in [-0.25, -0.2) is 4.79 Å². The molecule has 1 aromatic heterocycles. The summed E-state index contributed by atoms with van der Waals surface area (Å²) in [5.41, 5.74) is 0.875. The van der Waals surface area contributed by atoms with E-state index in [1.54, 1.807) is 0 Å². The molecule has 19 heavy (non-hydrogen) atoms. The summed E-state index contributed by atoms with van der Waals surface area (Å²) >= 11 is 7.30. The highest BCUT2D eigenvalue weighted by molar-refractivity contribution is 7.13. The largest absolute Gasteiger partial charge is 0.479 e. The van der Waals surface area contributed by atoms with E-state index in [0.29, 0.717) is 29.3 Å². The number of ether oxygens (including phenoxy) is 1. The molecule has 0 bridgehead atoms. The summed E-state index contributed by atoms with van der Waals surface area (Å²) in [5.74, 6) is -1.20. The van der Waals surface area contributed by atoms with Gasteiger partial charge in [0.15, 0.2) is 6.10 Å². The standard InChI is InChI=1S/C12H14ClNO4S/c1-6-5-19-10(9(6)13)11(15)14-4-7-2-3-8(18-7)12(16)17/h5,7-8H,2-4H2,1H3,(H,14,15)(H,16,17). The van der Waals surface area contributed by atoms with Gasteiger partial charge < -0.3 is 15.2 Å². The van der Waals surface area contributed by atoms with Crippen LogP contribution in [0.15, 0.2) is 5.38 Å². The van der Waals surface area contributed by atoms with Gasteiger partial charge in [0.2, 0.25) is 0 Å². The zero-order valence-electron chi connectivity index (χ0n) is 10.3. The molecule has 1 saturated heterocycles. The Morgan fingerprint density at radius 1 is 1.58 bits per heavy atom. The molecule has 0 spiro atoms. The number of hydrogen-bond acceptors (Lipinski definition) is 4. The molecule has 0 aliphatic carbocycles. The van der Waals surface area contributed by atoms with Crippen LogP contribution in [0, 0.1) is 6.92 Å². The average molecular weight is 304 g/mol. The monoisotopic (exact) mass is 303 g/mol. The lowest BCUT2D eigenvalue weighted by atomic mass is 10.2. The topological polar surface area (TPSA) is 75.6 Å². The van der Waals surface area contributed by atoms with Crippen molar-refractivity contribution in [2.75, 3.05) is 6.54 Å². The summed E-state index contributed by atoms with van der Waals surface area (Å²) in [7, 11) is 0. The van der Waals surface area contributed by atoms with Crippen molar-refractivity contribution in [3.8, 4) is 0 Å². The molecule has 1 aliphatic heterocycles. The van der Waals surface area contributed by atoms with Gasteiger partial charge in [-0.05, 0) is 30.7 Å². The van der Waals surface area contributed by atoms with E-state index in [1.165, 1.54) is 11.3 Å². The fourth-order valence-electron chi connectivity index (χ4n) is 1.91. The quantitative estimate of drug-likeness (QED) is 0.893. The van der Waals surface area contributed by atoms with Crippen LogP contribution < -0.4 is 5.32 Å². The minimum atomic E-state index is -0.953. The second-order valence-corrected chi connectivity index (χ2v) is 5.69. The van der Waals surface area contributed by atoms with E-state index in [-0.39, 0.29) is 12.0 Å². The number of carboxylic acids is 1. The van der Waals surface area contributed by atoms with Crippen LogP contribution in [-0.2, 0) is 9.53 Å². The smallest absolute Gasteiger partial charge is 0.332 e. The van der Waals surface area contributed by atoms with Crippen LogP contribution in [0.25, 0.3) is 0 Å². The highest BCUT2D eigenvalue weighted by atomic mass is 35.5. The number of aryl methyl sites for hydroxylation is 1. The van der Waals surface area contributed by atoms with E-state index in [9.17, 15) is 9.59 Å². The van der Waals surface area contributed by atoms with Gasteiger partial charge in [0.25, 0.3) is 5.91 Å². The van der Waals surface area contributed by atoms with Gasteiger partial charge in [0.05, 0.1) is 11.1 Å². The van der Waals surface area contributed by atoms with Crippen LogP contribution in [0.5, 0.6) is 0 Å². The maximum Gasteiger partial charge on any atom is 0.332 e. The molecule has 1 fully saturated rings. The Kier molecular flexibility index (Phi) is 4.44. The Morgan fingerprint density at radius 3 is 2.84 bits per heavy atom. The first-order valence-electron chi connectivity index (χ1n) is 5.89. The number of halogens is 1. The second kappa shape index (κ2) is 5.90. The Hall–Kier alpha value is -1.11. The van der Waals surface area contributed by atoms with Crippen LogP contribution in [0.2, 0.25) is 5.02 Å². The van der Waals surface area contributed by atoms with Gasteiger partial charge in [0.1, 0.15) is 4.88 Å². The zero-order valence-corrected chi connectivity index (χ0v) is 11.9. The summed E-state index contributed by atoms with van der Waals surface area (Å²) in [5, 5.41) is 13.8. The highest BCUT2D eigenvalue weighted by Crippen LogP contribution is 2.27. The lowest BCUT2D eigenvalue weighted by molar-refractivity contribution is -0.149. The molecular formula is C12H14ClNO4S. The Morgan fingerprint density at radius 2 is 2.32 bits per heavy atom. The van der Waals surface area contributed by atoms with Crippen molar-refractivity contribution in [2.45, 2.75) is 32.0 Å². The van der Waals surface area contributed by atoms with Gasteiger partial charge in [-0.1, -0.05) is 11.6 Å². The van der Waals surface area contributed by atoms with Crippen LogP contribution in [-0.4, -0.2) is 35.7 Å². The van der Waals surface area contributed by atoms with E-state index >= 15 is 0 Å². The molecule has 5 nitrogen and oxygen atoms in total. The van der Waals surface area contributed by atoms with Gasteiger partial charge in [0, 0.05) is 6.54 Å². The van der Waals surface area contributed by atoms with Gasteiger partial charge in [-0.3, -0.25) is 4.79 Å². The number of hydrogen-bond donors (Lipinski definition) is 2. The van der Waals surface area contributed by atoms with Gasteiger partial charge in [-0.2, -0.15) is 0 Å². The molecule has 1 aromatic rings. The lowest BCUT2D eigenvalue weighted by Crippen LogP contribution is -2.32. The number of thiophene rings is 1. The van der Waals surface area contributed by atoms with Crippen LogP contribution >= 0.6 is 22.9 Å². The Bertz CT molecular complexity index is 502. The Balaban J connectivity index is 1.85. The first kappa shape index (κ1) is 14.3. The summed E-state index contributed by atoms with van der Waals surface area (Å²) < 4.78 is 5.30. The molecule has 2 N–H and O–H groups in total. The molecule has 0 radical (unpaired) electrons. The fraction of sp³-hybridized carbons (Fsp3) is 0.500. The first-order chi connectivity index (χ1) is 8.99. The average Bonchev–Trinajstić information content (AvgIpc) is 2.95. The van der Waals surface area contributed by atoms with Crippen molar-refractivity contribution < 1.29 is 19.4 Å². The molecule has 0 saturated carbocycles. The third kappa shape index (κ3) is 3.26. The van der Waals surface area contributed by atoms with E-state index in [0.717, 1.165) is 5.56 Å². The third-order valence-corrected chi connectivity index (χ3v) is 4.67. The van der Waals surface area contributed by atoms with Crippen molar-refractivity contribution in [1.82, 2.24) is 5.32 Å². The molecule has 2 atom stereocenters.